The van der Waals surface area contributed by atoms with Crippen molar-refractivity contribution in [2.24, 2.45) is 5.10 Å². The minimum Gasteiger partial charge on any atom is -0.282 e. The number of hydrogen-bond donors (Lipinski definition) is 2. The number of amides is 1. The van der Waals surface area contributed by atoms with E-state index in [1.165, 1.54) is 18.2 Å². The van der Waals surface area contributed by atoms with Crippen LogP contribution in [-0.4, -0.2) is 22.3 Å². The summed E-state index contributed by atoms with van der Waals surface area (Å²) in [5.74, 6) is -0.760. The Hall–Kier alpha value is -2.21. The fraction of sp³-hybridized carbons (Fsp3) is 0.214. The second kappa shape index (κ2) is 6.49. The highest BCUT2D eigenvalue weighted by atomic mass is 35.5. The first-order valence-corrected chi connectivity index (χ1v) is 6.69. The molecular weight excluding hydrogens is 295 g/mol. The Kier molecular flexibility index (Phi) is 4.70. The number of rotatable bonds is 4. The molecule has 0 radical (unpaired) electrons. The van der Waals surface area contributed by atoms with E-state index >= 15 is 0 Å². The summed E-state index contributed by atoms with van der Waals surface area (Å²) in [5, 5.41) is 10.6. The Balaban J connectivity index is 2.05. The quantitative estimate of drug-likeness (QED) is 0.673. The standard InChI is InChI=1S/C14H14ClFN4O/c1-8(2)12-6-13(19-18-12)14(21)20-17-7-9-10(15)4-3-5-11(9)16/h3-8H,1-2H3,(H,18,19)(H,20,21)/b17-7-. The van der Waals surface area contributed by atoms with Crippen LogP contribution in [0.1, 0.15) is 41.5 Å². The van der Waals surface area contributed by atoms with E-state index in [-0.39, 0.29) is 22.2 Å². The van der Waals surface area contributed by atoms with Crippen molar-refractivity contribution >= 4 is 23.7 Å². The molecule has 1 amide bonds. The van der Waals surface area contributed by atoms with E-state index < -0.39 is 11.7 Å². The van der Waals surface area contributed by atoms with Crippen molar-refractivity contribution in [2.45, 2.75) is 19.8 Å². The van der Waals surface area contributed by atoms with Gasteiger partial charge in [0.1, 0.15) is 5.82 Å². The third-order valence-electron chi connectivity index (χ3n) is 2.81. The van der Waals surface area contributed by atoms with E-state index in [0.717, 1.165) is 11.9 Å². The van der Waals surface area contributed by atoms with E-state index in [1.54, 1.807) is 6.07 Å². The van der Waals surface area contributed by atoms with Gasteiger partial charge in [-0.25, -0.2) is 9.82 Å². The zero-order valence-corrected chi connectivity index (χ0v) is 12.3. The zero-order valence-electron chi connectivity index (χ0n) is 11.5. The van der Waals surface area contributed by atoms with Crippen LogP contribution in [0.15, 0.2) is 29.4 Å². The van der Waals surface area contributed by atoms with Crippen LogP contribution in [0.4, 0.5) is 4.39 Å². The Morgan fingerprint density at radius 3 is 2.90 bits per heavy atom. The molecule has 0 saturated heterocycles. The van der Waals surface area contributed by atoms with Crippen molar-refractivity contribution < 1.29 is 9.18 Å². The lowest BCUT2D eigenvalue weighted by molar-refractivity contribution is 0.0950. The maximum atomic E-state index is 13.5. The SMILES string of the molecule is CC(C)c1cc(C(=O)N/N=C\c2c(F)cccc2Cl)n[nH]1. The lowest BCUT2D eigenvalue weighted by Gasteiger charge is -1.99. The van der Waals surface area contributed by atoms with E-state index in [2.05, 4.69) is 20.7 Å². The third-order valence-corrected chi connectivity index (χ3v) is 3.14. The second-order valence-corrected chi connectivity index (χ2v) is 5.10. The molecule has 0 atom stereocenters. The number of nitrogens with one attached hydrogen (secondary N) is 2. The number of aromatic amines is 1. The molecule has 7 heteroatoms. The summed E-state index contributed by atoms with van der Waals surface area (Å²) in [4.78, 5) is 11.8. The average molecular weight is 309 g/mol. The molecule has 0 fully saturated rings. The van der Waals surface area contributed by atoms with Gasteiger partial charge in [0.15, 0.2) is 5.69 Å². The van der Waals surface area contributed by atoms with E-state index in [1.807, 2.05) is 13.8 Å². The van der Waals surface area contributed by atoms with Gasteiger partial charge in [-0.2, -0.15) is 10.2 Å². The maximum Gasteiger partial charge on any atom is 0.291 e. The third kappa shape index (κ3) is 3.66. The Bertz CT molecular complexity index is 661. The molecule has 0 unspecified atom stereocenters. The van der Waals surface area contributed by atoms with Gasteiger partial charge in [-0.05, 0) is 24.1 Å². The van der Waals surface area contributed by atoms with Crippen molar-refractivity contribution in [3.8, 4) is 0 Å². The molecule has 1 aromatic heterocycles. The molecule has 21 heavy (non-hydrogen) atoms. The van der Waals surface area contributed by atoms with Crippen LogP contribution in [0.25, 0.3) is 0 Å². The van der Waals surface area contributed by atoms with E-state index in [0.29, 0.717) is 0 Å². The lowest BCUT2D eigenvalue weighted by atomic mass is 10.1. The van der Waals surface area contributed by atoms with Gasteiger partial charge < -0.3 is 0 Å². The predicted octanol–water partition coefficient (Wildman–Crippen LogP) is 3.09. The van der Waals surface area contributed by atoms with Gasteiger partial charge in [0.25, 0.3) is 5.91 Å². The van der Waals surface area contributed by atoms with Crippen molar-refractivity contribution in [1.29, 1.82) is 0 Å². The zero-order chi connectivity index (χ0) is 15.4. The van der Waals surface area contributed by atoms with E-state index in [4.69, 9.17) is 11.6 Å². The van der Waals surface area contributed by atoms with Crippen LogP contribution < -0.4 is 5.43 Å². The van der Waals surface area contributed by atoms with Crippen molar-refractivity contribution in [1.82, 2.24) is 15.6 Å². The number of hydrazone groups is 1. The summed E-state index contributed by atoms with van der Waals surface area (Å²) >= 11 is 5.84. The van der Waals surface area contributed by atoms with Crippen molar-refractivity contribution in [2.75, 3.05) is 0 Å². The minimum absolute atomic E-state index is 0.115. The number of nitrogens with zero attached hydrogens (tertiary/aromatic N) is 2. The molecule has 0 spiro atoms. The summed E-state index contributed by atoms with van der Waals surface area (Å²) in [5.41, 5.74) is 3.46. The fourth-order valence-corrected chi connectivity index (χ4v) is 1.81. The van der Waals surface area contributed by atoms with Gasteiger partial charge in [-0.1, -0.05) is 31.5 Å². The van der Waals surface area contributed by atoms with Crippen molar-refractivity contribution in [3.63, 3.8) is 0 Å². The topological polar surface area (TPSA) is 70.1 Å². The van der Waals surface area contributed by atoms with E-state index in [9.17, 15) is 9.18 Å². The second-order valence-electron chi connectivity index (χ2n) is 4.70. The summed E-state index contributed by atoms with van der Waals surface area (Å²) in [7, 11) is 0. The van der Waals surface area contributed by atoms with Gasteiger partial charge >= 0.3 is 0 Å². The molecule has 0 aliphatic carbocycles. The normalized spacial score (nSPS) is 11.3. The van der Waals surface area contributed by atoms with Crippen LogP contribution in [0.2, 0.25) is 5.02 Å². The molecule has 5 nitrogen and oxygen atoms in total. The molecule has 0 bridgehead atoms. The number of carbonyl (C=O) groups is 1. The predicted molar refractivity (Wildman–Crippen MR) is 79.1 cm³/mol. The fourth-order valence-electron chi connectivity index (χ4n) is 1.60. The number of hydrogen-bond acceptors (Lipinski definition) is 3. The highest BCUT2D eigenvalue weighted by molar-refractivity contribution is 6.33. The number of aromatic nitrogens is 2. The van der Waals surface area contributed by atoms with Gasteiger partial charge in [-0.15, -0.1) is 0 Å². The summed E-state index contributed by atoms with van der Waals surface area (Å²) in [6, 6.07) is 5.93. The Labute approximate surface area is 126 Å². The first-order valence-electron chi connectivity index (χ1n) is 6.31. The molecule has 2 rings (SSSR count). The molecule has 0 saturated carbocycles. The van der Waals surface area contributed by atoms with Crippen LogP contribution in [0.5, 0.6) is 0 Å². The molecule has 110 valence electrons. The van der Waals surface area contributed by atoms with Crippen LogP contribution in [0, 0.1) is 5.82 Å². The minimum atomic E-state index is -0.512. The Morgan fingerprint density at radius 2 is 2.29 bits per heavy atom. The smallest absolute Gasteiger partial charge is 0.282 e. The van der Waals surface area contributed by atoms with Gasteiger partial charge in [0.05, 0.1) is 11.2 Å². The average Bonchev–Trinajstić information content (AvgIpc) is 2.92. The number of H-pyrrole nitrogens is 1. The molecular formula is C14H14ClFN4O. The molecule has 0 aliphatic heterocycles. The Morgan fingerprint density at radius 1 is 1.52 bits per heavy atom. The number of halogens is 2. The van der Waals surface area contributed by atoms with Crippen molar-refractivity contribution in [3.05, 3.63) is 52.1 Å². The highest BCUT2D eigenvalue weighted by Gasteiger charge is 2.11. The van der Waals surface area contributed by atoms with Gasteiger partial charge in [-0.3, -0.25) is 9.89 Å². The molecule has 1 aromatic carbocycles. The van der Waals surface area contributed by atoms with Crippen LogP contribution in [-0.2, 0) is 0 Å². The summed E-state index contributed by atoms with van der Waals surface area (Å²) in [6.45, 7) is 3.96. The molecule has 1 heterocycles. The highest BCUT2D eigenvalue weighted by Crippen LogP contribution is 2.16. The summed E-state index contributed by atoms with van der Waals surface area (Å²) < 4.78 is 13.5. The molecule has 2 N–H and O–H groups in total. The molecule has 0 aliphatic rings. The lowest BCUT2D eigenvalue weighted by Crippen LogP contribution is -2.18. The largest absolute Gasteiger partial charge is 0.291 e. The van der Waals surface area contributed by atoms with Gasteiger partial charge in [0, 0.05) is 11.3 Å². The number of carbonyl (C=O) groups excluding carboxylic acids is 1. The van der Waals surface area contributed by atoms with Crippen LogP contribution in [0.3, 0.4) is 0 Å². The number of benzene rings is 1. The maximum absolute atomic E-state index is 13.5. The van der Waals surface area contributed by atoms with Gasteiger partial charge in [0.2, 0.25) is 0 Å². The molecule has 2 aromatic rings. The summed E-state index contributed by atoms with van der Waals surface area (Å²) in [6.07, 6.45) is 1.16. The monoisotopic (exact) mass is 308 g/mol. The first-order chi connectivity index (χ1) is 9.99. The van der Waals surface area contributed by atoms with Crippen LogP contribution >= 0.6 is 11.6 Å². The first kappa shape index (κ1) is 15.2.